The van der Waals surface area contributed by atoms with Crippen molar-refractivity contribution in [3.63, 3.8) is 0 Å². The van der Waals surface area contributed by atoms with Gasteiger partial charge >= 0.3 is 0 Å². The maximum Gasteiger partial charge on any atom is 0.131 e. The van der Waals surface area contributed by atoms with Crippen LogP contribution in [0.4, 0.5) is 14.5 Å². The van der Waals surface area contributed by atoms with Crippen molar-refractivity contribution in [2.45, 2.75) is 13.5 Å². The van der Waals surface area contributed by atoms with Crippen LogP contribution in [0.2, 0.25) is 5.02 Å². The molecule has 0 fully saturated rings. The second kappa shape index (κ2) is 5.36. The van der Waals surface area contributed by atoms with Gasteiger partial charge in [0.2, 0.25) is 0 Å². The summed E-state index contributed by atoms with van der Waals surface area (Å²) in [5.41, 5.74) is 2.16. The molecule has 1 nitrogen and oxygen atoms in total. The van der Waals surface area contributed by atoms with Gasteiger partial charge in [0, 0.05) is 28.9 Å². The highest BCUT2D eigenvalue weighted by atomic mass is 35.5. The van der Waals surface area contributed by atoms with Crippen molar-refractivity contribution in [2.24, 2.45) is 0 Å². The van der Waals surface area contributed by atoms with Gasteiger partial charge in [-0.25, -0.2) is 8.78 Å². The minimum Gasteiger partial charge on any atom is -0.381 e. The highest BCUT2D eigenvalue weighted by molar-refractivity contribution is 6.31. The molecule has 0 aliphatic rings. The normalized spacial score (nSPS) is 10.4. The van der Waals surface area contributed by atoms with E-state index in [1.54, 1.807) is 6.07 Å². The van der Waals surface area contributed by atoms with Crippen molar-refractivity contribution in [3.8, 4) is 0 Å². The van der Waals surface area contributed by atoms with E-state index in [4.69, 9.17) is 11.6 Å². The summed E-state index contributed by atoms with van der Waals surface area (Å²) in [5, 5.41) is 3.74. The molecule has 0 unspecified atom stereocenters. The number of halogens is 3. The predicted molar refractivity (Wildman–Crippen MR) is 69.9 cm³/mol. The molecule has 0 amide bonds. The van der Waals surface area contributed by atoms with Crippen LogP contribution in [-0.2, 0) is 6.54 Å². The van der Waals surface area contributed by atoms with Gasteiger partial charge in [0.15, 0.2) is 0 Å². The molecule has 0 radical (unpaired) electrons. The Hall–Kier alpha value is -1.61. The SMILES string of the molecule is Cc1c(Cl)cccc1NCc1ccc(F)cc1F. The Balaban J connectivity index is 2.14. The molecule has 0 heterocycles. The van der Waals surface area contributed by atoms with E-state index >= 15 is 0 Å². The van der Waals surface area contributed by atoms with Crippen LogP contribution < -0.4 is 5.32 Å². The van der Waals surface area contributed by atoms with Crippen molar-refractivity contribution < 1.29 is 8.78 Å². The lowest BCUT2D eigenvalue weighted by molar-refractivity contribution is 0.574. The van der Waals surface area contributed by atoms with Crippen molar-refractivity contribution >= 4 is 17.3 Å². The summed E-state index contributed by atoms with van der Waals surface area (Å²) in [7, 11) is 0. The van der Waals surface area contributed by atoms with E-state index in [9.17, 15) is 8.78 Å². The fourth-order valence-corrected chi connectivity index (χ4v) is 1.83. The Morgan fingerprint density at radius 3 is 2.67 bits per heavy atom. The average molecular weight is 268 g/mol. The molecule has 1 N–H and O–H groups in total. The predicted octanol–water partition coefficient (Wildman–Crippen LogP) is 4.54. The molecule has 0 saturated heterocycles. The second-order valence-corrected chi connectivity index (χ2v) is 4.41. The third-order valence-corrected chi connectivity index (χ3v) is 3.16. The first-order valence-electron chi connectivity index (χ1n) is 5.51. The standard InChI is InChI=1S/C14H12ClF2N/c1-9-12(15)3-2-4-14(9)18-8-10-5-6-11(16)7-13(10)17/h2-7,18H,8H2,1H3. The van der Waals surface area contributed by atoms with E-state index < -0.39 is 11.6 Å². The topological polar surface area (TPSA) is 12.0 Å². The van der Waals surface area contributed by atoms with Gasteiger partial charge in [0.05, 0.1) is 0 Å². The van der Waals surface area contributed by atoms with E-state index in [0.717, 1.165) is 17.3 Å². The molecule has 0 aromatic heterocycles. The number of anilines is 1. The third-order valence-electron chi connectivity index (χ3n) is 2.75. The zero-order chi connectivity index (χ0) is 13.1. The van der Waals surface area contributed by atoms with Gasteiger partial charge in [-0.15, -0.1) is 0 Å². The zero-order valence-electron chi connectivity index (χ0n) is 9.81. The average Bonchev–Trinajstić information content (AvgIpc) is 2.33. The lowest BCUT2D eigenvalue weighted by Crippen LogP contribution is -2.03. The van der Waals surface area contributed by atoms with E-state index in [-0.39, 0.29) is 6.54 Å². The monoisotopic (exact) mass is 267 g/mol. The Morgan fingerprint density at radius 1 is 1.17 bits per heavy atom. The molecule has 0 saturated carbocycles. The molecule has 0 aliphatic heterocycles. The summed E-state index contributed by atoms with van der Waals surface area (Å²) < 4.78 is 26.2. The molecule has 2 rings (SSSR count). The lowest BCUT2D eigenvalue weighted by Gasteiger charge is -2.11. The quantitative estimate of drug-likeness (QED) is 0.861. The van der Waals surface area contributed by atoms with Crippen LogP contribution in [0.3, 0.4) is 0 Å². The van der Waals surface area contributed by atoms with E-state index in [2.05, 4.69) is 5.32 Å². The molecule has 18 heavy (non-hydrogen) atoms. The summed E-state index contributed by atoms with van der Waals surface area (Å²) in [6.45, 7) is 2.17. The van der Waals surface area contributed by atoms with Crippen molar-refractivity contribution in [1.29, 1.82) is 0 Å². The number of benzene rings is 2. The van der Waals surface area contributed by atoms with Crippen LogP contribution >= 0.6 is 11.6 Å². The van der Waals surface area contributed by atoms with Crippen LogP contribution in [0.15, 0.2) is 36.4 Å². The maximum atomic E-state index is 13.4. The van der Waals surface area contributed by atoms with Gasteiger partial charge in [-0.3, -0.25) is 0 Å². The van der Waals surface area contributed by atoms with Crippen LogP contribution in [0, 0.1) is 18.6 Å². The number of rotatable bonds is 3. The summed E-state index contributed by atoms with van der Waals surface area (Å²) >= 11 is 5.98. The summed E-state index contributed by atoms with van der Waals surface area (Å²) in [6, 6.07) is 9.02. The fourth-order valence-electron chi connectivity index (χ4n) is 1.65. The molecule has 94 valence electrons. The first-order valence-corrected chi connectivity index (χ1v) is 5.88. The van der Waals surface area contributed by atoms with Gasteiger partial charge < -0.3 is 5.32 Å². The number of hydrogen-bond acceptors (Lipinski definition) is 1. The molecule has 0 spiro atoms. The molecule has 4 heteroatoms. The molecule has 2 aromatic rings. The van der Waals surface area contributed by atoms with Gasteiger partial charge in [0.1, 0.15) is 11.6 Å². The van der Waals surface area contributed by atoms with Gasteiger partial charge in [0.25, 0.3) is 0 Å². The van der Waals surface area contributed by atoms with Gasteiger partial charge in [-0.2, -0.15) is 0 Å². The highest BCUT2D eigenvalue weighted by Crippen LogP contribution is 2.23. The van der Waals surface area contributed by atoms with E-state index in [0.29, 0.717) is 10.6 Å². The van der Waals surface area contributed by atoms with Crippen molar-refractivity contribution in [1.82, 2.24) is 0 Å². The molecule has 0 atom stereocenters. The summed E-state index contributed by atoms with van der Waals surface area (Å²) in [6.07, 6.45) is 0. The largest absolute Gasteiger partial charge is 0.381 e. The molecule has 0 aliphatic carbocycles. The Labute approximate surface area is 109 Å². The van der Waals surface area contributed by atoms with Crippen LogP contribution in [0.5, 0.6) is 0 Å². The van der Waals surface area contributed by atoms with Gasteiger partial charge in [-0.05, 0) is 30.7 Å². The van der Waals surface area contributed by atoms with Crippen LogP contribution in [-0.4, -0.2) is 0 Å². The summed E-state index contributed by atoms with van der Waals surface area (Å²) in [4.78, 5) is 0. The van der Waals surface area contributed by atoms with E-state index in [1.165, 1.54) is 12.1 Å². The Kier molecular flexibility index (Phi) is 3.82. The highest BCUT2D eigenvalue weighted by Gasteiger charge is 2.05. The summed E-state index contributed by atoms with van der Waals surface area (Å²) in [5.74, 6) is -1.13. The molecular weight excluding hydrogens is 256 g/mol. The molecular formula is C14H12ClF2N. The number of nitrogens with one attached hydrogen (secondary N) is 1. The zero-order valence-corrected chi connectivity index (χ0v) is 10.6. The number of hydrogen-bond donors (Lipinski definition) is 1. The van der Waals surface area contributed by atoms with Gasteiger partial charge in [-0.1, -0.05) is 23.7 Å². The Morgan fingerprint density at radius 2 is 1.94 bits per heavy atom. The lowest BCUT2D eigenvalue weighted by atomic mass is 10.1. The second-order valence-electron chi connectivity index (χ2n) is 4.00. The Bertz CT molecular complexity index is 570. The first-order chi connectivity index (χ1) is 8.58. The minimum atomic E-state index is -0.574. The first kappa shape index (κ1) is 12.8. The molecule has 2 aromatic carbocycles. The maximum absolute atomic E-state index is 13.4. The van der Waals surface area contributed by atoms with E-state index in [1.807, 2.05) is 19.1 Å². The van der Waals surface area contributed by atoms with Crippen LogP contribution in [0.1, 0.15) is 11.1 Å². The molecule has 0 bridgehead atoms. The fraction of sp³-hybridized carbons (Fsp3) is 0.143. The van der Waals surface area contributed by atoms with Crippen LogP contribution in [0.25, 0.3) is 0 Å². The third kappa shape index (κ3) is 2.79. The minimum absolute atomic E-state index is 0.285. The smallest absolute Gasteiger partial charge is 0.131 e. The van der Waals surface area contributed by atoms with Crippen molar-refractivity contribution in [3.05, 3.63) is 64.2 Å². The van der Waals surface area contributed by atoms with Crippen molar-refractivity contribution in [2.75, 3.05) is 5.32 Å².